The zero-order chi connectivity index (χ0) is 6.04. The van der Waals surface area contributed by atoms with E-state index in [1.807, 2.05) is 0 Å². The summed E-state index contributed by atoms with van der Waals surface area (Å²) in [6.07, 6.45) is 4.33. The molecule has 1 heterocycles. The minimum atomic E-state index is -1.31. The zero-order valence-electron chi connectivity index (χ0n) is 5.39. The molecule has 0 unspecified atom stereocenters. The topological polar surface area (TPSA) is 0 Å². The quantitative estimate of drug-likeness (QED) is 0.532. The van der Waals surface area contributed by atoms with Crippen LogP contribution in [-0.2, 0) is 0 Å². The molecule has 0 radical (unpaired) electrons. The molecule has 0 aliphatic carbocycles. The normalized spacial score (nSPS) is 27.6. The fourth-order valence-electron chi connectivity index (χ4n) is 1.18. The molecule has 0 aromatic carbocycles. The molecule has 1 saturated heterocycles. The van der Waals surface area contributed by atoms with Crippen molar-refractivity contribution >= 4 is 22.3 Å². The molecule has 0 aromatic rings. The summed E-state index contributed by atoms with van der Waals surface area (Å²) >= 11 is -1.31. The Labute approximate surface area is 57.9 Å². The van der Waals surface area contributed by atoms with Crippen molar-refractivity contribution in [2.75, 3.05) is 0 Å². The van der Waals surface area contributed by atoms with Crippen molar-refractivity contribution in [3.63, 3.8) is 0 Å². The molecule has 1 rings (SSSR count). The van der Waals surface area contributed by atoms with Gasteiger partial charge in [0.15, 0.2) is 0 Å². The van der Waals surface area contributed by atoms with E-state index < -0.39 is 11.9 Å². The van der Waals surface area contributed by atoms with Crippen LogP contribution in [0.3, 0.4) is 0 Å². The van der Waals surface area contributed by atoms with Crippen LogP contribution in [0.2, 0.25) is 16.1 Å². The predicted octanol–water partition coefficient (Wildman–Crippen LogP) is 2.94. The SMILES string of the molecule is C[As]1(=S)CCCCC1. The first-order valence-electron chi connectivity index (χ1n) is 3.26. The van der Waals surface area contributed by atoms with Gasteiger partial charge in [-0.1, -0.05) is 0 Å². The Kier molecular flexibility index (Phi) is 2.22. The second kappa shape index (κ2) is 2.58. The predicted molar refractivity (Wildman–Crippen MR) is 42.7 cm³/mol. The Hall–Kier alpha value is 0.778. The van der Waals surface area contributed by atoms with Crippen LogP contribution in [0.1, 0.15) is 19.3 Å². The van der Waals surface area contributed by atoms with Gasteiger partial charge in [-0.25, -0.2) is 0 Å². The van der Waals surface area contributed by atoms with Crippen LogP contribution >= 0.6 is 10.4 Å². The fourth-order valence-corrected chi connectivity index (χ4v) is 6.74. The van der Waals surface area contributed by atoms with Gasteiger partial charge in [0, 0.05) is 0 Å². The van der Waals surface area contributed by atoms with Crippen LogP contribution in [0.25, 0.3) is 0 Å². The van der Waals surface area contributed by atoms with Crippen molar-refractivity contribution in [1.29, 1.82) is 0 Å². The molecule has 0 saturated carbocycles. The van der Waals surface area contributed by atoms with Crippen LogP contribution in [0.4, 0.5) is 0 Å². The first-order valence-corrected chi connectivity index (χ1v) is 10.5. The van der Waals surface area contributed by atoms with Crippen LogP contribution < -0.4 is 0 Å². The summed E-state index contributed by atoms with van der Waals surface area (Å²) in [4.78, 5) is 0. The Morgan fingerprint density at radius 1 is 1.12 bits per heavy atom. The molecule has 0 amide bonds. The third-order valence-corrected chi connectivity index (χ3v) is 8.96. The molecule has 0 bridgehead atoms. The van der Waals surface area contributed by atoms with E-state index in [-0.39, 0.29) is 0 Å². The second-order valence-electron chi connectivity index (χ2n) is 2.80. The van der Waals surface area contributed by atoms with Gasteiger partial charge < -0.3 is 0 Å². The van der Waals surface area contributed by atoms with Crippen molar-refractivity contribution in [2.24, 2.45) is 0 Å². The van der Waals surface area contributed by atoms with Gasteiger partial charge in [-0.2, -0.15) is 0 Å². The average Bonchev–Trinajstić information content (AvgIpc) is 1.65. The van der Waals surface area contributed by atoms with Gasteiger partial charge in [0.05, 0.1) is 0 Å². The molecular formula is C6H13AsS. The van der Waals surface area contributed by atoms with Gasteiger partial charge >= 0.3 is 57.7 Å². The van der Waals surface area contributed by atoms with Gasteiger partial charge in [-0.15, -0.1) is 0 Å². The van der Waals surface area contributed by atoms with E-state index in [9.17, 15) is 0 Å². The van der Waals surface area contributed by atoms with Gasteiger partial charge in [0.25, 0.3) is 0 Å². The summed E-state index contributed by atoms with van der Waals surface area (Å²) in [7, 11) is 5.47. The van der Waals surface area contributed by atoms with Crippen molar-refractivity contribution in [2.45, 2.75) is 35.4 Å². The fraction of sp³-hybridized carbons (Fsp3) is 1.00. The van der Waals surface area contributed by atoms with Crippen molar-refractivity contribution in [1.82, 2.24) is 0 Å². The molecule has 48 valence electrons. The van der Waals surface area contributed by atoms with Crippen molar-refractivity contribution in [3.05, 3.63) is 0 Å². The van der Waals surface area contributed by atoms with E-state index in [0.717, 1.165) is 0 Å². The molecular weight excluding hydrogens is 179 g/mol. The molecule has 8 heavy (non-hydrogen) atoms. The third kappa shape index (κ3) is 1.95. The van der Waals surface area contributed by atoms with Crippen molar-refractivity contribution in [3.8, 4) is 0 Å². The first-order chi connectivity index (χ1) is 3.71. The van der Waals surface area contributed by atoms with Crippen LogP contribution in [-0.4, -0.2) is 11.9 Å². The third-order valence-electron chi connectivity index (χ3n) is 1.76. The minimum absolute atomic E-state index is 1.31. The summed E-state index contributed by atoms with van der Waals surface area (Å²) < 4.78 is 0. The maximum atomic E-state index is 5.47. The first kappa shape index (κ1) is 6.89. The van der Waals surface area contributed by atoms with Gasteiger partial charge in [-0.3, -0.25) is 0 Å². The Morgan fingerprint density at radius 3 is 1.88 bits per heavy atom. The maximum absolute atomic E-state index is 5.47. The van der Waals surface area contributed by atoms with E-state index >= 15 is 0 Å². The van der Waals surface area contributed by atoms with Crippen molar-refractivity contribution < 1.29 is 0 Å². The van der Waals surface area contributed by atoms with E-state index in [1.165, 1.54) is 29.7 Å². The molecule has 0 spiro atoms. The van der Waals surface area contributed by atoms with Gasteiger partial charge in [0.1, 0.15) is 0 Å². The molecule has 1 aliphatic rings. The standard InChI is InChI=1S/C6H13AsS/c1-7(8)5-3-2-4-6-7/h2-6H2,1H3. The van der Waals surface area contributed by atoms with Gasteiger partial charge in [-0.05, 0) is 0 Å². The van der Waals surface area contributed by atoms with Crippen LogP contribution in [0.15, 0.2) is 0 Å². The van der Waals surface area contributed by atoms with Crippen LogP contribution in [0.5, 0.6) is 0 Å². The Bertz CT molecular complexity index is 110. The van der Waals surface area contributed by atoms with Crippen LogP contribution in [0, 0.1) is 0 Å². The van der Waals surface area contributed by atoms with Gasteiger partial charge in [0.2, 0.25) is 0 Å². The summed E-state index contributed by atoms with van der Waals surface area (Å²) in [6, 6.07) is 0. The van der Waals surface area contributed by atoms with E-state index in [2.05, 4.69) is 5.71 Å². The average molecular weight is 192 g/mol. The number of hydrogen-bond acceptors (Lipinski definition) is 1. The van der Waals surface area contributed by atoms with E-state index in [4.69, 9.17) is 10.4 Å². The molecule has 1 aliphatic heterocycles. The molecule has 2 heteroatoms. The summed E-state index contributed by atoms with van der Waals surface area (Å²) in [6.45, 7) is 0. The summed E-state index contributed by atoms with van der Waals surface area (Å²) in [5, 5.41) is 2.88. The summed E-state index contributed by atoms with van der Waals surface area (Å²) in [5.41, 5.74) is 2.37. The zero-order valence-corrected chi connectivity index (χ0v) is 8.08. The molecule has 0 nitrogen and oxygen atoms in total. The molecule has 0 atom stereocenters. The monoisotopic (exact) mass is 192 g/mol. The number of rotatable bonds is 0. The number of hydrogen-bond donors (Lipinski definition) is 0. The van der Waals surface area contributed by atoms with E-state index in [1.54, 1.807) is 0 Å². The summed E-state index contributed by atoms with van der Waals surface area (Å²) in [5.74, 6) is 0. The molecule has 1 fully saturated rings. The van der Waals surface area contributed by atoms with E-state index in [0.29, 0.717) is 0 Å². The molecule has 0 N–H and O–H groups in total. The second-order valence-corrected chi connectivity index (χ2v) is 14.7. The Morgan fingerprint density at radius 2 is 1.62 bits per heavy atom. The molecule has 0 aromatic heterocycles. The Balaban J connectivity index is 2.45.